The van der Waals surface area contributed by atoms with Gasteiger partial charge in [-0.05, 0) is 57.4 Å². The highest BCUT2D eigenvalue weighted by molar-refractivity contribution is 4.91. The van der Waals surface area contributed by atoms with Crippen LogP contribution in [0.25, 0.3) is 0 Å². The van der Waals surface area contributed by atoms with Gasteiger partial charge in [-0.15, -0.1) is 0 Å². The van der Waals surface area contributed by atoms with Crippen LogP contribution < -0.4 is 5.32 Å². The minimum atomic E-state index is 0.173. The molecule has 0 atom stereocenters. The number of hydrogen-bond donors (Lipinski definition) is 1. The molecule has 0 radical (unpaired) electrons. The lowest BCUT2D eigenvalue weighted by molar-refractivity contribution is -0.141. The number of nitrogens with one attached hydrogen (secondary N) is 1. The summed E-state index contributed by atoms with van der Waals surface area (Å²) >= 11 is 0. The van der Waals surface area contributed by atoms with Crippen molar-refractivity contribution in [2.75, 3.05) is 13.1 Å². The highest BCUT2D eigenvalue weighted by Crippen LogP contribution is 2.39. The largest absolute Gasteiger partial charge is 0.370 e. The summed E-state index contributed by atoms with van der Waals surface area (Å²) in [5.74, 6) is 0.953. The minimum absolute atomic E-state index is 0.173. The van der Waals surface area contributed by atoms with Crippen molar-refractivity contribution < 1.29 is 4.74 Å². The van der Waals surface area contributed by atoms with E-state index in [1.54, 1.807) is 0 Å². The maximum atomic E-state index is 6.45. The smallest absolute Gasteiger partial charge is 0.0810 e. The predicted molar refractivity (Wildman–Crippen MR) is 72.2 cm³/mol. The molecule has 2 saturated carbocycles. The maximum absolute atomic E-state index is 6.45. The van der Waals surface area contributed by atoms with Crippen molar-refractivity contribution in [2.24, 2.45) is 5.92 Å². The molecule has 2 aliphatic rings. The molecular weight excluding hydrogens is 210 g/mol. The standard InChI is InChI=1S/C15H29NO/c1-3-13-8-10-15(11-9-13,12-16-4-2)17-14-6-5-7-14/h13-14,16H,3-12H2,1-2H3. The van der Waals surface area contributed by atoms with Crippen molar-refractivity contribution in [3.05, 3.63) is 0 Å². The van der Waals surface area contributed by atoms with Gasteiger partial charge in [-0.1, -0.05) is 20.3 Å². The quantitative estimate of drug-likeness (QED) is 0.766. The van der Waals surface area contributed by atoms with E-state index in [0.717, 1.165) is 19.0 Å². The van der Waals surface area contributed by atoms with Crippen molar-refractivity contribution in [3.8, 4) is 0 Å². The third kappa shape index (κ3) is 3.45. The highest BCUT2D eigenvalue weighted by atomic mass is 16.5. The lowest BCUT2D eigenvalue weighted by atomic mass is 9.77. The third-order valence-corrected chi connectivity index (χ3v) is 4.76. The summed E-state index contributed by atoms with van der Waals surface area (Å²) in [4.78, 5) is 0. The fourth-order valence-corrected chi connectivity index (χ4v) is 3.14. The highest BCUT2D eigenvalue weighted by Gasteiger charge is 2.38. The second-order valence-corrected chi connectivity index (χ2v) is 5.99. The Morgan fingerprint density at radius 2 is 1.82 bits per heavy atom. The lowest BCUT2D eigenvalue weighted by Gasteiger charge is -2.44. The molecule has 0 aromatic rings. The van der Waals surface area contributed by atoms with Crippen LogP contribution in [0.3, 0.4) is 0 Å². The molecule has 100 valence electrons. The first-order valence-electron chi connectivity index (χ1n) is 7.66. The van der Waals surface area contributed by atoms with Gasteiger partial charge in [0.25, 0.3) is 0 Å². The molecule has 2 nitrogen and oxygen atoms in total. The Bertz CT molecular complexity index is 217. The summed E-state index contributed by atoms with van der Waals surface area (Å²) in [7, 11) is 0. The van der Waals surface area contributed by atoms with Gasteiger partial charge in [0, 0.05) is 6.54 Å². The molecule has 0 amide bonds. The van der Waals surface area contributed by atoms with E-state index in [4.69, 9.17) is 4.74 Å². The van der Waals surface area contributed by atoms with Crippen molar-refractivity contribution in [1.29, 1.82) is 0 Å². The van der Waals surface area contributed by atoms with E-state index in [0.29, 0.717) is 6.10 Å². The molecule has 0 bridgehead atoms. The van der Waals surface area contributed by atoms with Crippen LogP contribution in [0.4, 0.5) is 0 Å². The van der Waals surface area contributed by atoms with Gasteiger partial charge in [0.2, 0.25) is 0 Å². The van der Waals surface area contributed by atoms with E-state index in [2.05, 4.69) is 19.2 Å². The van der Waals surface area contributed by atoms with Crippen molar-refractivity contribution in [1.82, 2.24) is 5.32 Å². The van der Waals surface area contributed by atoms with Gasteiger partial charge in [0.15, 0.2) is 0 Å². The summed E-state index contributed by atoms with van der Waals surface area (Å²) in [6.07, 6.45) is 11.2. The zero-order valence-corrected chi connectivity index (χ0v) is 11.6. The van der Waals surface area contributed by atoms with Gasteiger partial charge >= 0.3 is 0 Å². The van der Waals surface area contributed by atoms with E-state index in [1.807, 2.05) is 0 Å². The van der Waals surface area contributed by atoms with Gasteiger partial charge in [0.1, 0.15) is 0 Å². The van der Waals surface area contributed by atoms with Crippen LogP contribution in [-0.2, 0) is 4.74 Å². The van der Waals surface area contributed by atoms with E-state index in [1.165, 1.54) is 51.4 Å². The maximum Gasteiger partial charge on any atom is 0.0810 e. The summed E-state index contributed by atoms with van der Waals surface area (Å²) < 4.78 is 6.45. The molecule has 0 heterocycles. The second-order valence-electron chi connectivity index (χ2n) is 5.99. The Morgan fingerprint density at radius 3 is 2.29 bits per heavy atom. The minimum Gasteiger partial charge on any atom is -0.370 e. The molecule has 0 aromatic heterocycles. The molecule has 2 fully saturated rings. The molecule has 0 aliphatic heterocycles. The summed E-state index contributed by atoms with van der Waals surface area (Å²) in [5, 5.41) is 3.52. The average Bonchev–Trinajstić information content (AvgIpc) is 2.33. The van der Waals surface area contributed by atoms with E-state index >= 15 is 0 Å². The Kier molecular flexibility index (Phi) is 4.87. The van der Waals surface area contributed by atoms with E-state index < -0.39 is 0 Å². The molecule has 2 heteroatoms. The average molecular weight is 239 g/mol. The lowest BCUT2D eigenvalue weighted by Crippen LogP contribution is -2.49. The zero-order valence-electron chi connectivity index (χ0n) is 11.6. The Balaban J connectivity index is 1.87. The second kappa shape index (κ2) is 6.19. The van der Waals surface area contributed by atoms with Crippen LogP contribution in [0, 0.1) is 5.92 Å². The fourth-order valence-electron chi connectivity index (χ4n) is 3.14. The Hall–Kier alpha value is -0.0800. The summed E-state index contributed by atoms with van der Waals surface area (Å²) in [5.41, 5.74) is 0.173. The molecular formula is C15H29NO. The SMILES string of the molecule is CCNCC1(OC2CCC2)CCC(CC)CC1. The molecule has 1 N–H and O–H groups in total. The topological polar surface area (TPSA) is 21.3 Å². The number of likely N-dealkylation sites (N-methyl/N-ethyl adjacent to an activating group) is 1. The fraction of sp³-hybridized carbons (Fsp3) is 1.00. The first kappa shape index (κ1) is 13.4. The van der Waals surface area contributed by atoms with Gasteiger partial charge in [0.05, 0.1) is 11.7 Å². The van der Waals surface area contributed by atoms with Gasteiger partial charge in [-0.25, -0.2) is 0 Å². The van der Waals surface area contributed by atoms with Crippen LogP contribution in [0.5, 0.6) is 0 Å². The van der Waals surface area contributed by atoms with Gasteiger partial charge in [-0.3, -0.25) is 0 Å². The van der Waals surface area contributed by atoms with Crippen molar-refractivity contribution in [2.45, 2.75) is 76.9 Å². The molecule has 17 heavy (non-hydrogen) atoms. The van der Waals surface area contributed by atoms with Crippen LogP contribution in [-0.4, -0.2) is 24.8 Å². The van der Waals surface area contributed by atoms with Gasteiger partial charge in [-0.2, -0.15) is 0 Å². The first-order chi connectivity index (χ1) is 8.28. The predicted octanol–water partition coefficient (Wildman–Crippen LogP) is 3.50. The van der Waals surface area contributed by atoms with Crippen molar-refractivity contribution in [3.63, 3.8) is 0 Å². The van der Waals surface area contributed by atoms with Crippen LogP contribution in [0.1, 0.15) is 65.2 Å². The Morgan fingerprint density at radius 1 is 1.12 bits per heavy atom. The monoisotopic (exact) mass is 239 g/mol. The third-order valence-electron chi connectivity index (χ3n) is 4.76. The Labute approximate surface area is 107 Å². The summed E-state index contributed by atoms with van der Waals surface area (Å²) in [6.45, 7) is 6.65. The molecule has 0 saturated heterocycles. The molecule has 0 aromatic carbocycles. The summed E-state index contributed by atoms with van der Waals surface area (Å²) in [6, 6.07) is 0. The van der Waals surface area contributed by atoms with Crippen molar-refractivity contribution >= 4 is 0 Å². The van der Waals surface area contributed by atoms with Gasteiger partial charge < -0.3 is 10.1 Å². The molecule has 2 rings (SSSR count). The molecule has 0 spiro atoms. The van der Waals surface area contributed by atoms with Crippen LogP contribution in [0.15, 0.2) is 0 Å². The number of ether oxygens (including phenoxy) is 1. The van der Waals surface area contributed by atoms with E-state index in [-0.39, 0.29) is 5.60 Å². The van der Waals surface area contributed by atoms with Crippen LogP contribution >= 0.6 is 0 Å². The molecule has 2 aliphatic carbocycles. The number of rotatable bonds is 6. The number of hydrogen-bond acceptors (Lipinski definition) is 2. The molecule has 0 unspecified atom stereocenters. The first-order valence-corrected chi connectivity index (χ1v) is 7.66. The normalized spacial score (nSPS) is 34.6. The van der Waals surface area contributed by atoms with E-state index in [9.17, 15) is 0 Å². The zero-order chi connectivity index (χ0) is 12.1. The van der Waals surface area contributed by atoms with Crippen LogP contribution in [0.2, 0.25) is 0 Å².